The second-order valence-electron chi connectivity index (χ2n) is 6.56. The van der Waals surface area contributed by atoms with Crippen LogP contribution in [0.3, 0.4) is 0 Å². The summed E-state index contributed by atoms with van der Waals surface area (Å²) in [6, 6.07) is 13.8. The van der Waals surface area contributed by atoms with Gasteiger partial charge in [-0.1, -0.05) is 47.0 Å². The van der Waals surface area contributed by atoms with Gasteiger partial charge in [0.05, 0.1) is 4.90 Å². The molecule has 0 saturated carbocycles. The topological polar surface area (TPSA) is 54.5 Å². The Morgan fingerprint density at radius 1 is 0.926 bits per heavy atom. The molecule has 0 spiro atoms. The highest BCUT2D eigenvalue weighted by Crippen LogP contribution is 2.21. The summed E-state index contributed by atoms with van der Waals surface area (Å²) in [5, 5.41) is 0. The van der Waals surface area contributed by atoms with Crippen molar-refractivity contribution in [2.45, 2.75) is 30.6 Å². The Labute approximate surface area is 169 Å². The highest BCUT2D eigenvalue weighted by molar-refractivity contribution is 9.10. The summed E-state index contributed by atoms with van der Waals surface area (Å²) in [5.74, 6) is -0.163. The van der Waals surface area contributed by atoms with E-state index in [4.69, 9.17) is 0 Å². The standard InChI is InChI=1S/C21H22BrNO3S/c22-20-8-4-3-7-17(20)11-14-21(24)18-9-12-19(13-10-18)27(25,26)23-15-5-1-2-6-16-23/h3-4,7-14H,1-2,5-6,15-16H2. The van der Waals surface area contributed by atoms with Crippen molar-refractivity contribution in [1.82, 2.24) is 4.31 Å². The van der Waals surface area contributed by atoms with Crippen molar-refractivity contribution < 1.29 is 13.2 Å². The molecule has 1 saturated heterocycles. The van der Waals surface area contributed by atoms with Gasteiger partial charge in [-0.2, -0.15) is 4.31 Å². The first-order chi connectivity index (χ1) is 13.0. The number of hydrogen-bond donors (Lipinski definition) is 0. The van der Waals surface area contributed by atoms with E-state index >= 15 is 0 Å². The molecule has 142 valence electrons. The lowest BCUT2D eigenvalue weighted by atomic mass is 10.1. The average molecular weight is 448 g/mol. The van der Waals surface area contributed by atoms with Crippen LogP contribution in [-0.4, -0.2) is 31.6 Å². The minimum atomic E-state index is -3.49. The van der Waals surface area contributed by atoms with E-state index < -0.39 is 10.0 Å². The molecule has 1 fully saturated rings. The average Bonchev–Trinajstić information content (AvgIpc) is 2.97. The molecule has 0 aliphatic carbocycles. The van der Waals surface area contributed by atoms with E-state index in [1.54, 1.807) is 22.5 Å². The Morgan fingerprint density at radius 3 is 2.19 bits per heavy atom. The van der Waals surface area contributed by atoms with Crippen molar-refractivity contribution in [3.8, 4) is 0 Å². The number of allylic oxidation sites excluding steroid dienone is 1. The van der Waals surface area contributed by atoms with Crippen molar-refractivity contribution in [3.63, 3.8) is 0 Å². The second kappa shape index (κ2) is 8.95. The van der Waals surface area contributed by atoms with Crippen molar-refractivity contribution in [3.05, 3.63) is 70.2 Å². The lowest BCUT2D eigenvalue weighted by Gasteiger charge is -2.19. The Morgan fingerprint density at radius 2 is 1.56 bits per heavy atom. The maximum atomic E-state index is 12.8. The molecule has 27 heavy (non-hydrogen) atoms. The first-order valence-electron chi connectivity index (χ1n) is 9.05. The first-order valence-corrected chi connectivity index (χ1v) is 11.3. The van der Waals surface area contributed by atoms with Crippen LogP contribution in [0.5, 0.6) is 0 Å². The summed E-state index contributed by atoms with van der Waals surface area (Å²) in [7, 11) is -3.49. The molecular weight excluding hydrogens is 426 g/mol. The summed E-state index contributed by atoms with van der Waals surface area (Å²) in [6.45, 7) is 1.13. The summed E-state index contributed by atoms with van der Waals surface area (Å²) in [4.78, 5) is 12.6. The van der Waals surface area contributed by atoms with E-state index in [1.165, 1.54) is 18.2 Å². The predicted octanol–water partition coefficient (Wildman–Crippen LogP) is 4.91. The second-order valence-corrected chi connectivity index (χ2v) is 9.35. The molecule has 0 N–H and O–H groups in total. The van der Waals surface area contributed by atoms with Crippen molar-refractivity contribution in [2.24, 2.45) is 0 Å². The molecule has 1 aliphatic heterocycles. The number of sulfonamides is 1. The molecule has 0 atom stereocenters. The molecule has 3 rings (SSSR count). The molecule has 0 unspecified atom stereocenters. The third-order valence-electron chi connectivity index (χ3n) is 4.66. The van der Waals surface area contributed by atoms with E-state index in [2.05, 4.69) is 15.9 Å². The number of hydrogen-bond acceptors (Lipinski definition) is 3. The van der Waals surface area contributed by atoms with Crippen LogP contribution in [0.1, 0.15) is 41.6 Å². The number of carbonyl (C=O) groups excluding carboxylic acids is 1. The summed E-state index contributed by atoms with van der Waals surface area (Å²) in [6.07, 6.45) is 7.19. The third kappa shape index (κ3) is 4.94. The Bertz CT molecular complexity index is 928. The van der Waals surface area contributed by atoms with Gasteiger partial charge >= 0.3 is 0 Å². The minimum absolute atomic E-state index is 0.163. The number of carbonyl (C=O) groups is 1. The number of nitrogens with zero attached hydrogens (tertiary/aromatic N) is 1. The van der Waals surface area contributed by atoms with Crippen LogP contribution in [0.2, 0.25) is 0 Å². The SMILES string of the molecule is O=C(C=Cc1ccccc1Br)c1ccc(S(=O)(=O)N2CCCCCC2)cc1. The highest BCUT2D eigenvalue weighted by Gasteiger charge is 2.25. The van der Waals surface area contributed by atoms with Gasteiger partial charge in [-0.15, -0.1) is 0 Å². The quantitative estimate of drug-likeness (QED) is 0.483. The summed E-state index contributed by atoms with van der Waals surface area (Å²) in [5.41, 5.74) is 1.37. The van der Waals surface area contributed by atoms with Gasteiger partial charge in [0, 0.05) is 23.1 Å². The van der Waals surface area contributed by atoms with E-state index in [0.29, 0.717) is 18.7 Å². The molecule has 1 heterocycles. The van der Waals surface area contributed by atoms with Crippen molar-refractivity contribution >= 4 is 37.8 Å². The maximum Gasteiger partial charge on any atom is 0.243 e. The van der Waals surface area contributed by atoms with E-state index in [0.717, 1.165) is 35.7 Å². The fourth-order valence-corrected chi connectivity index (χ4v) is 5.03. The van der Waals surface area contributed by atoms with Crippen LogP contribution < -0.4 is 0 Å². The van der Waals surface area contributed by atoms with E-state index in [9.17, 15) is 13.2 Å². The number of halogens is 1. The molecule has 2 aromatic carbocycles. The van der Waals surface area contributed by atoms with Gasteiger partial charge in [-0.25, -0.2) is 8.42 Å². The summed E-state index contributed by atoms with van der Waals surface area (Å²) < 4.78 is 28.1. The molecule has 0 bridgehead atoms. The van der Waals surface area contributed by atoms with Gasteiger partial charge in [0.2, 0.25) is 10.0 Å². The smallest absolute Gasteiger partial charge is 0.243 e. The van der Waals surface area contributed by atoms with Crippen LogP contribution in [0, 0.1) is 0 Å². The lowest BCUT2D eigenvalue weighted by Crippen LogP contribution is -2.31. The molecule has 2 aromatic rings. The molecule has 0 radical (unpaired) electrons. The Kier molecular flexibility index (Phi) is 6.63. The molecule has 6 heteroatoms. The zero-order chi connectivity index (χ0) is 19.3. The first kappa shape index (κ1) is 20.0. The van der Waals surface area contributed by atoms with Gasteiger partial charge in [0.25, 0.3) is 0 Å². The van der Waals surface area contributed by atoms with Gasteiger partial charge in [0.1, 0.15) is 0 Å². The Balaban J connectivity index is 1.74. The minimum Gasteiger partial charge on any atom is -0.289 e. The van der Waals surface area contributed by atoms with Crippen LogP contribution in [0.15, 0.2) is 64.0 Å². The molecule has 0 amide bonds. The molecule has 0 aromatic heterocycles. The zero-order valence-electron chi connectivity index (χ0n) is 15.0. The van der Waals surface area contributed by atoms with Gasteiger partial charge in [-0.3, -0.25) is 4.79 Å². The largest absolute Gasteiger partial charge is 0.289 e. The van der Waals surface area contributed by atoms with Gasteiger partial charge in [-0.05, 0) is 60.9 Å². The number of benzene rings is 2. The van der Waals surface area contributed by atoms with Crippen LogP contribution in [0.4, 0.5) is 0 Å². The van der Waals surface area contributed by atoms with Gasteiger partial charge < -0.3 is 0 Å². The highest BCUT2D eigenvalue weighted by atomic mass is 79.9. The summed E-state index contributed by atoms with van der Waals surface area (Å²) >= 11 is 3.44. The van der Waals surface area contributed by atoms with Gasteiger partial charge in [0.15, 0.2) is 5.78 Å². The maximum absolute atomic E-state index is 12.8. The Hall–Kier alpha value is -1.76. The molecular formula is C21H22BrNO3S. The van der Waals surface area contributed by atoms with Crippen LogP contribution in [-0.2, 0) is 10.0 Å². The predicted molar refractivity (Wildman–Crippen MR) is 111 cm³/mol. The molecule has 4 nitrogen and oxygen atoms in total. The van der Waals surface area contributed by atoms with Crippen molar-refractivity contribution in [2.75, 3.05) is 13.1 Å². The fourth-order valence-electron chi connectivity index (χ4n) is 3.09. The normalized spacial score (nSPS) is 16.3. The number of rotatable bonds is 5. The van der Waals surface area contributed by atoms with Crippen LogP contribution >= 0.6 is 15.9 Å². The van der Waals surface area contributed by atoms with Crippen LogP contribution in [0.25, 0.3) is 6.08 Å². The van der Waals surface area contributed by atoms with E-state index in [1.807, 2.05) is 24.3 Å². The van der Waals surface area contributed by atoms with E-state index in [-0.39, 0.29) is 10.7 Å². The van der Waals surface area contributed by atoms with Crippen molar-refractivity contribution in [1.29, 1.82) is 0 Å². The third-order valence-corrected chi connectivity index (χ3v) is 7.30. The fraction of sp³-hybridized carbons (Fsp3) is 0.286. The lowest BCUT2D eigenvalue weighted by molar-refractivity contribution is 0.104. The monoisotopic (exact) mass is 447 g/mol. The molecule has 1 aliphatic rings. The number of ketones is 1. The zero-order valence-corrected chi connectivity index (χ0v) is 17.4.